The summed E-state index contributed by atoms with van der Waals surface area (Å²) in [4.78, 5) is 13.7. The number of benzene rings is 1. The molecule has 2 heterocycles. The first-order valence-corrected chi connectivity index (χ1v) is 6.70. The molecule has 0 aliphatic carbocycles. The van der Waals surface area contributed by atoms with E-state index in [0.29, 0.717) is 30.3 Å². The Hall–Kier alpha value is -2.75. The van der Waals surface area contributed by atoms with E-state index >= 15 is 0 Å². The number of fused-ring (bicyclic) bond motifs is 1. The Balaban J connectivity index is 1.71. The molecule has 1 saturated heterocycles. The second kappa shape index (κ2) is 5.71. The molecule has 108 valence electrons. The fourth-order valence-corrected chi connectivity index (χ4v) is 2.28. The molecule has 21 heavy (non-hydrogen) atoms. The van der Waals surface area contributed by atoms with Crippen molar-refractivity contribution in [2.24, 2.45) is 5.10 Å². The van der Waals surface area contributed by atoms with Crippen molar-refractivity contribution in [3.8, 4) is 17.6 Å². The van der Waals surface area contributed by atoms with Gasteiger partial charge in [0.25, 0.3) is 5.91 Å². The number of carbonyl (C=O) groups is 1. The highest BCUT2D eigenvalue weighted by Crippen LogP contribution is 2.34. The predicted octanol–water partition coefficient (Wildman–Crippen LogP) is 1.33. The first-order chi connectivity index (χ1) is 10.3. The highest BCUT2D eigenvalue weighted by Gasteiger charge is 2.23. The fourth-order valence-electron chi connectivity index (χ4n) is 2.28. The number of carbonyl (C=O) groups excluding carboxylic acids is 1. The minimum atomic E-state index is -0.330. The largest absolute Gasteiger partial charge is 0.454 e. The highest BCUT2D eigenvalue weighted by atomic mass is 16.7. The van der Waals surface area contributed by atoms with Crippen LogP contribution in [0.25, 0.3) is 0 Å². The van der Waals surface area contributed by atoms with Crippen LogP contribution in [-0.4, -0.2) is 36.4 Å². The molecule has 7 heteroatoms. The number of hydrogen-bond donors (Lipinski definition) is 1. The summed E-state index contributed by atoms with van der Waals surface area (Å²) >= 11 is 0. The van der Waals surface area contributed by atoms with Gasteiger partial charge in [0.1, 0.15) is 6.07 Å². The van der Waals surface area contributed by atoms with Crippen LogP contribution < -0.4 is 14.9 Å². The molecule has 0 atom stereocenters. The van der Waals surface area contributed by atoms with Crippen molar-refractivity contribution in [2.75, 3.05) is 25.3 Å². The van der Waals surface area contributed by atoms with Gasteiger partial charge in [0.15, 0.2) is 11.5 Å². The summed E-state index contributed by atoms with van der Waals surface area (Å²) in [5, 5.41) is 13.0. The number of likely N-dealkylation sites (tertiary alicyclic amines) is 1. The van der Waals surface area contributed by atoms with Crippen molar-refractivity contribution >= 4 is 17.3 Å². The molecule has 7 nitrogen and oxygen atoms in total. The minimum absolute atomic E-state index is 0.144. The predicted molar refractivity (Wildman–Crippen MR) is 75.0 cm³/mol. The standard InChI is InChI=1S/C14H14N4O3/c15-8-11(14(19)18-5-1-2-6-18)17-16-10-3-4-12-13(7-10)21-9-20-12/h3-4,7,16H,1-2,5-6,9H2. The van der Waals surface area contributed by atoms with Crippen LogP contribution in [0.15, 0.2) is 23.3 Å². The van der Waals surface area contributed by atoms with Crippen LogP contribution >= 0.6 is 0 Å². The molecule has 1 aromatic rings. The SMILES string of the molecule is N#CC(=NNc1ccc2c(c1)OCO2)C(=O)N1CCCC1. The molecule has 3 rings (SSSR count). The number of nitrogens with zero attached hydrogens (tertiary/aromatic N) is 3. The summed E-state index contributed by atoms with van der Waals surface area (Å²) in [6.45, 7) is 1.56. The Morgan fingerprint density at radius 2 is 2.05 bits per heavy atom. The molecule has 0 radical (unpaired) electrons. The van der Waals surface area contributed by atoms with Crippen LogP contribution in [-0.2, 0) is 4.79 Å². The van der Waals surface area contributed by atoms with E-state index in [1.165, 1.54) is 0 Å². The lowest BCUT2D eigenvalue weighted by molar-refractivity contribution is -0.122. The second-order valence-electron chi connectivity index (χ2n) is 4.75. The van der Waals surface area contributed by atoms with Crippen molar-refractivity contribution in [1.29, 1.82) is 5.26 Å². The van der Waals surface area contributed by atoms with Gasteiger partial charge in [0, 0.05) is 19.2 Å². The zero-order valence-electron chi connectivity index (χ0n) is 11.3. The molecule has 0 aromatic heterocycles. The van der Waals surface area contributed by atoms with Crippen LogP contribution in [0.2, 0.25) is 0 Å². The molecule has 1 aromatic carbocycles. The van der Waals surface area contributed by atoms with Crippen LogP contribution in [0.1, 0.15) is 12.8 Å². The molecule has 1 fully saturated rings. The smallest absolute Gasteiger partial charge is 0.285 e. The zero-order chi connectivity index (χ0) is 14.7. The first-order valence-electron chi connectivity index (χ1n) is 6.70. The number of amides is 1. The van der Waals surface area contributed by atoms with Crippen molar-refractivity contribution in [2.45, 2.75) is 12.8 Å². The first kappa shape index (κ1) is 13.2. The van der Waals surface area contributed by atoms with Crippen LogP contribution in [0.5, 0.6) is 11.5 Å². The van der Waals surface area contributed by atoms with Gasteiger partial charge in [0.2, 0.25) is 12.5 Å². The monoisotopic (exact) mass is 286 g/mol. The molecule has 1 amide bonds. The average Bonchev–Trinajstić information content (AvgIpc) is 3.18. The average molecular weight is 286 g/mol. The normalized spacial score (nSPS) is 16.7. The van der Waals surface area contributed by atoms with Gasteiger partial charge >= 0.3 is 0 Å². The van der Waals surface area contributed by atoms with Crippen LogP contribution in [0.3, 0.4) is 0 Å². The summed E-state index contributed by atoms with van der Waals surface area (Å²) < 4.78 is 10.5. The van der Waals surface area contributed by atoms with Crippen molar-refractivity contribution in [3.63, 3.8) is 0 Å². The van der Waals surface area contributed by atoms with Crippen molar-refractivity contribution < 1.29 is 14.3 Å². The highest BCUT2D eigenvalue weighted by molar-refractivity contribution is 6.45. The maximum absolute atomic E-state index is 12.1. The second-order valence-corrected chi connectivity index (χ2v) is 4.75. The van der Waals surface area contributed by atoms with Gasteiger partial charge in [-0.2, -0.15) is 10.4 Å². The van der Waals surface area contributed by atoms with Gasteiger partial charge < -0.3 is 14.4 Å². The van der Waals surface area contributed by atoms with Gasteiger partial charge in [-0.1, -0.05) is 0 Å². The fraction of sp³-hybridized carbons (Fsp3) is 0.357. The Morgan fingerprint density at radius 3 is 2.81 bits per heavy atom. The van der Waals surface area contributed by atoms with E-state index in [1.807, 2.05) is 6.07 Å². The molecule has 2 aliphatic rings. The van der Waals surface area contributed by atoms with Gasteiger partial charge in [-0.15, -0.1) is 0 Å². The number of hydrazone groups is 1. The minimum Gasteiger partial charge on any atom is -0.454 e. The maximum atomic E-state index is 12.1. The molecule has 0 spiro atoms. The van der Waals surface area contributed by atoms with Gasteiger partial charge in [-0.3, -0.25) is 10.2 Å². The van der Waals surface area contributed by atoms with Gasteiger partial charge in [-0.05, 0) is 25.0 Å². The quantitative estimate of drug-likeness (QED) is 0.669. The maximum Gasteiger partial charge on any atom is 0.285 e. The Kier molecular flexibility index (Phi) is 3.60. The van der Waals surface area contributed by atoms with E-state index in [2.05, 4.69) is 10.5 Å². The Morgan fingerprint density at radius 1 is 1.29 bits per heavy atom. The van der Waals surface area contributed by atoms with Gasteiger partial charge in [-0.25, -0.2) is 0 Å². The number of anilines is 1. The molecule has 2 aliphatic heterocycles. The zero-order valence-corrected chi connectivity index (χ0v) is 11.3. The van der Waals surface area contributed by atoms with E-state index in [4.69, 9.17) is 14.7 Å². The lowest BCUT2D eigenvalue weighted by atomic mass is 10.3. The molecule has 0 saturated carbocycles. The summed E-state index contributed by atoms with van der Waals surface area (Å²) in [6.07, 6.45) is 1.94. The molecule has 0 unspecified atom stereocenters. The summed E-state index contributed by atoms with van der Waals surface area (Å²) in [5.41, 5.74) is 3.19. The van der Waals surface area contributed by atoms with E-state index < -0.39 is 0 Å². The Bertz CT molecular complexity index is 630. The third kappa shape index (κ3) is 2.74. The molecular weight excluding hydrogens is 272 g/mol. The van der Waals surface area contributed by atoms with E-state index in [9.17, 15) is 4.79 Å². The number of rotatable bonds is 3. The third-order valence-electron chi connectivity index (χ3n) is 3.37. The summed E-state index contributed by atoms with van der Waals surface area (Å²) in [6, 6.07) is 7.04. The van der Waals surface area contributed by atoms with Crippen molar-refractivity contribution in [3.05, 3.63) is 18.2 Å². The topological polar surface area (TPSA) is 87.0 Å². The third-order valence-corrected chi connectivity index (χ3v) is 3.37. The number of ether oxygens (including phenoxy) is 2. The van der Waals surface area contributed by atoms with Crippen molar-refractivity contribution in [1.82, 2.24) is 4.90 Å². The number of nitrogens with one attached hydrogen (secondary N) is 1. The van der Waals surface area contributed by atoms with Gasteiger partial charge in [0.05, 0.1) is 5.69 Å². The summed E-state index contributed by atoms with van der Waals surface area (Å²) in [5.74, 6) is 0.945. The number of hydrogen-bond acceptors (Lipinski definition) is 6. The van der Waals surface area contributed by atoms with Crippen LogP contribution in [0.4, 0.5) is 5.69 Å². The van der Waals surface area contributed by atoms with E-state index in [-0.39, 0.29) is 18.4 Å². The summed E-state index contributed by atoms with van der Waals surface area (Å²) in [7, 11) is 0. The van der Waals surface area contributed by atoms with E-state index in [1.54, 1.807) is 23.1 Å². The lowest BCUT2D eigenvalue weighted by Crippen LogP contribution is -2.33. The molecular formula is C14H14N4O3. The Labute approximate surface area is 121 Å². The van der Waals surface area contributed by atoms with Crippen LogP contribution in [0, 0.1) is 11.3 Å². The lowest BCUT2D eigenvalue weighted by Gasteiger charge is -2.13. The molecule has 1 N–H and O–H groups in total. The molecule has 0 bridgehead atoms. The van der Waals surface area contributed by atoms with E-state index in [0.717, 1.165) is 12.8 Å². The number of nitriles is 1.